The number of aliphatic hydroxyl groups excluding tert-OH is 1. The topological polar surface area (TPSA) is 66.4 Å². The van der Waals surface area contributed by atoms with Crippen LogP contribution in [-0.4, -0.2) is 13.5 Å². The quantitative estimate of drug-likeness (QED) is 0.911. The van der Waals surface area contributed by atoms with Gasteiger partial charge in [0.1, 0.15) is 10.7 Å². The van der Waals surface area contributed by atoms with E-state index in [1.807, 2.05) is 0 Å². The summed E-state index contributed by atoms with van der Waals surface area (Å²) in [6, 6.07) is 9.46. The summed E-state index contributed by atoms with van der Waals surface area (Å²) in [5.74, 6) is -0.892. The molecule has 7 heteroatoms. The minimum Gasteiger partial charge on any atom is -0.392 e. The van der Waals surface area contributed by atoms with Gasteiger partial charge in [-0.05, 0) is 35.9 Å². The van der Waals surface area contributed by atoms with Gasteiger partial charge in [0, 0.05) is 5.02 Å². The second-order valence-electron chi connectivity index (χ2n) is 4.04. The van der Waals surface area contributed by atoms with Gasteiger partial charge in [0.15, 0.2) is 0 Å². The number of sulfonamides is 1. The molecule has 0 atom stereocenters. The number of benzene rings is 2. The smallest absolute Gasteiger partial charge is 0.264 e. The lowest BCUT2D eigenvalue weighted by atomic mass is 10.2. The molecule has 0 amide bonds. The molecule has 0 saturated carbocycles. The molecular weight excluding hydrogens is 305 g/mol. The minimum absolute atomic E-state index is 0.228. The van der Waals surface area contributed by atoms with Crippen molar-refractivity contribution in [3.8, 4) is 0 Å². The second kappa shape index (κ2) is 5.78. The first-order valence-electron chi connectivity index (χ1n) is 5.60. The Morgan fingerprint density at radius 1 is 1.20 bits per heavy atom. The molecule has 20 heavy (non-hydrogen) atoms. The van der Waals surface area contributed by atoms with E-state index in [0.29, 0.717) is 10.6 Å². The van der Waals surface area contributed by atoms with Crippen molar-refractivity contribution in [2.24, 2.45) is 0 Å². The van der Waals surface area contributed by atoms with Gasteiger partial charge in [0.2, 0.25) is 0 Å². The Kier molecular flexibility index (Phi) is 4.27. The monoisotopic (exact) mass is 315 g/mol. The lowest BCUT2D eigenvalue weighted by molar-refractivity contribution is 0.281. The Bertz CT molecular complexity index is 734. The van der Waals surface area contributed by atoms with E-state index in [9.17, 15) is 12.8 Å². The molecule has 2 aromatic carbocycles. The SMILES string of the molecule is O=S(=O)(Nc1cccc(Cl)c1)c1cc(CO)ccc1F. The Hall–Kier alpha value is -1.63. The Labute approximate surface area is 120 Å². The van der Waals surface area contributed by atoms with Crippen LogP contribution in [0.2, 0.25) is 5.02 Å². The molecule has 4 nitrogen and oxygen atoms in total. The van der Waals surface area contributed by atoms with Crippen molar-refractivity contribution in [2.45, 2.75) is 11.5 Å². The normalized spacial score (nSPS) is 11.3. The maximum absolute atomic E-state index is 13.7. The van der Waals surface area contributed by atoms with Crippen LogP contribution in [0.25, 0.3) is 0 Å². The molecular formula is C13H11ClFNO3S. The molecule has 0 aromatic heterocycles. The summed E-state index contributed by atoms with van der Waals surface area (Å²) >= 11 is 5.76. The third kappa shape index (κ3) is 3.27. The van der Waals surface area contributed by atoms with Gasteiger partial charge in [-0.1, -0.05) is 23.7 Å². The van der Waals surface area contributed by atoms with Crippen LogP contribution in [0.5, 0.6) is 0 Å². The molecule has 0 heterocycles. The zero-order chi connectivity index (χ0) is 14.8. The van der Waals surface area contributed by atoms with E-state index < -0.39 is 20.7 Å². The van der Waals surface area contributed by atoms with Crippen molar-refractivity contribution in [1.29, 1.82) is 0 Å². The van der Waals surface area contributed by atoms with Crippen LogP contribution >= 0.6 is 11.6 Å². The van der Waals surface area contributed by atoms with Crippen molar-refractivity contribution >= 4 is 27.3 Å². The molecule has 0 saturated heterocycles. The van der Waals surface area contributed by atoms with Gasteiger partial charge in [-0.15, -0.1) is 0 Å². The molecule has 0 aliphatic carbocycles. The van der Waals surface area contributed by atoms with E-state index in [1.165, 1.54) is 18.2 Å². The van der Waals surface area contributed by atoms with Crippen molar-refractivity contribution in [3.63, 3.8) is 0 Å². The summed E-state index contributed by atoms with van der Waals surface area (Å²) in [4.78, 5) is -0.524. The van der Waals surface area contributed by atoms with E-state index in [4.69, 9.17) is 16.7 Å². The maximum Gasteiger partial charge on any atom is 0.264 e. The van der Waals surface area contributed by atoms with E-state index in [2.05, 4.69) is 4.72 Å². The number of aliphatic hydroxyl groups is 1. The molecule has 2 rings (SSSR count). The maximum atomic E-state index is 13.7. The highest BCUT2D eigenvalue weighted by Crippen LogP contribution is 2.22. The summed E-state index contributed by atoms with van der Waals surface area (Å²) in [6.07, 6.45) is 0. The summed E-state index contributed by atoms with van der Waals surface area (Å²) in [5.41, 5.74) is 0.532. The standard InChI is InChI=1S/C13H11ClFNO3S/c14-10-2-1-3-11(7-10)16-20(18,19)13-6-9(8-17)4-5-12(13)15/h1-7,16-17H,8H2. The van der Waals surface area contributed by atoms with Gasteiger partial charge in [-0.25, -0.2) is 12.8 Å². The van der Waals surface area contributed by atoms with E-state index in [1.54, 1.807) is 12.1 Å². The predicted octanol–water partition coefficient (Wildman–Crippen LogP) is 2.77. The van der Waals surface area contributed by atoms with Crippen LogP contribution in [0.1, 0.15) is 5.56 Å². The minimum atomic E-state index is -4.09. The fourth-order valence-corrected chi connectivity index (χ4v) is 2.98. The van der Waals surface area contributed by atoms with Gasteiger partial charge in [0.25, 0.3) is 10.0 Å². The van der Waals surface area contributed by atoms with Crippen molar-refractivity contribution in [1.82, 2.24) is 0 Å². The molecule has 0 bridgehead atoms. The highest BCUT2D eigenvalue weighted by Gasteiger charge is 2.19. The molecule has 0 unspecified atom stereocenters. The third-order valence-corrected chi connectivity index (χ3v) is 4.18. The highest BCUT2D eigenvalue weighted by molar-refractivity contribution is 7.92. The van der Waals surface area contributed by atoms with E-state index >= 15 is 0 Å². The molecule has 0 aliphatic heterocycles. The lowest BCUT2D eigenvalue weighted by Gasteiger charge is -2.10. The van der Waals surface area contributed by atoms with Crippen LogP contribution in [0.15, 0.2) is 47.4 Å². The first-order valence-corrected chi connectivity index (χ1v) is 7.46. The number of rotatable bonds is 4. The molecule has 0 aliphatic rings. The largest absolute Gasteiger partial charge is 0.392 e. The molecule has 2 N–H and O–H groups in total. The van der Waals surface area contributed by atoms with Gasteiger partial charge < -0.3 is 5.11 Å². The van der Waals surface area contributed by atoms with Crippen molar-refractivity contribution in [3.05, 3.63) is 58.9 Å². The van der Waals surface area contributed by atoms with Gasteiger partial charge in [0.05, 0.1) is 12.3 Å². The van der Waals surface area contributed by atoms with Crippen LogP contribution < -0.4 is 4.72 Å². The van der Waals surface area contributed by atoms with Crippen LogP contribution in [0, 0.1) is 5.82 Å². The molecule has 0 spiro atoms. The van der Waals surface area contributed by atoms with Crippen molar-refractivity contribution in [2.75, 3.05) is 4.72 Å². The fraction of sp³-hybridized carbons (Fsp3) is 0.0769. The summed E-state index contributed by atoms with van der Waals surface area (Å²) in [6.45, 7) is -0.375. The van der Waals surface area contributed by atoms with E-state index in [0.717, 1.165) is 12.1 Å². The summed E-state index contributed by atoms with van der Waals surface area (Å²) in [5, 5.41) is 9.35. The predicted molar refractivity (Wildman–Crippen MR) is 74.6 cm³/mol. The second-order valence-corrected chi connectivity index (χ2v) is 6.13. The molecule has 2 aromatic rings. The van der Waals surface area contributed by atoms with Crippen LogP contribution in [0.3, 0.4) is 0 Å². The summed E-state index contributed by atoms with van der Waals surface area (Å²) in [7, 11) is -4.09. The lowest BCUT2D eigenvalue weighted by Crippen LogP contribution is -2.15. The number of nitrogens with one attached hydrogen (secondary N) is 1. The number of hydrogen-bond acceptors (Lipinski definition) is 3. The number of halogens is 2. The molecule has 0 fully saturated rings. The molecule has 0 radical (unpaired) electrons. The van der Waals surface area contributed by atoms with Crippen LogP contribution in [-0.2, 0) is 16.6 Å². The third-order valence-electron chi connectivity index (χ3n) is 2.54. The average molecular weight is 316 g/mol. The Balaban J connectivity index is 2.40. The van der Waals surface area contributed by atoms with Crippen LogP contribution in [0.4, 0.5) is 10.1 Å². The van der Waals surface area contributed by atoms with E-state index in [-0.39, 0.29) is 12.3 Å². The highest BCUT2D eigenvalue weighted by atomic mass is 35.5. The number of hydrogen-bond donors (Lipinski definition) is 2. The summed E-state index contributed by atoms with van der Waals surface area (Å²) < 4.78 is 40.1. The van der Waals surface area contributed by atoms with Gasteiger partial charge in [-0.3, -0.25) is 4.72 Å². The Morgan fingerprint density at radius 3 is 2.60 bits per heavy atom. The zero-order valence-electron chi connectivity index (χ0n) is 10.2. The van der Waals surface area contributed by atoms with Gasteiger partial charge >= 0.3 is 0 Å². The van der Waals surface area contributed by atoms with Crippen molar-refractivity contribution < 1.29 is 17.9 Å². The zero-order valence-corrected chi connectivity index (χ0v) is 11.7. The average Bonchev–Trinajstić information content (AvgIpc) is 2.38. The first-order chi connectivity index (χ1) is 9.42. The molecule has 106 valence electrons. The number of anilines is 1. The first kappa shape index (κ1) is 14.8. The Morgan fingerprint density at radius 2 is 1.95 bits per heavy atom. The van der Waals surface area contributed by atoms with Gasteiger partial charge in [-0.2, -0.15) is 0 Å². The fourth-order valence-electron chi connectivity index (χ4n) is 1.61.